The van der Waals surface area contributed by atoms with Gasteiger partial charge in [0.2, 0.25) is 5.91 Å². The number of hydrogen-bond acceptors (Lipinski definition) is 5. The summed E-state index contributed by atoms with van der Waals surface area (Å²) in [5, 5.41) is 17.0. The zero-order valence-electron chi connectivity index (χ0n) is 18.6. The average Bonchev–Trinajstić information content (AvgIpc) is 2.81. The molecule has 1 unspecified atom stereocenters. The van der Waals surface area contributed by atoms with Gasteiger partial charge in [0.1, 0.15) is 11.4 Å². The summed E-state index contributed by atoms with van der Waals surface area (Å²) in [7, 11) is 0. The maximum absolute atomic E-state index is 13.6. The SMILES string of the molecule is CC(C)(C)OC(=O)N[C@@H](CC(=O)O)Cc1cc(F)c(F)cc1F.CC1CCNC(=O)CN1. The zero-order valence-corrected chi connectivity index (χ0v) is 18.6. The molecule has 4 N–H and O–H groups in total. The lowest BCUT2D eigenvalue weighted by atomic mass is 10.0. The van der Waals surface area contributed by atoms with Crippen molar-refractivity contribution < 1.29 is 37.4 Å². The Morgan fingerprint density at radius 2 is 1.84 bits per heavy atom. The summed E-state index contributed by atoms with van der Waals surface area (Å²) < 4.78 is 44.7. The molecule has 1 saturated heterocycles. The average molecular weight is 461 g/mol. The molecule has 0 aliphatic carbocycles. The van der Waals surface area contributed by atoms with E-state index >= 15 is 0 Å². The fraction of sp³-hybridized carbons (Fsp3) is 0.571. The quantitative estimate of drug-likeness (QED) is 0.501. The van der Waals surface area contributed by atoms with E-state index in [9.17, 15) is 27.6 Å². The highest BCUT2D eigenvalue weighted by atomic mass is 19.2. The van der Waals surface area contributed by atoms with Gasteiger partial charge in [-0.3, -0.25) is 9.59 Å². The zero-order chi connectivity index (χ0) is 24.5. The van der Waals surface area contributed by atoms with Gasteiger partial charge in [-0.05, 0) is 52.2 Å². The number of carboxylic acids is 1. The number of hydrogen-bond donors (Lipinski definition) is 4. The molecule has 1 heterocycles. The van der Waals surface area contributed by atoms with Crippen molar-refractivity contribution in [2.75, 3.05) is 13.1 Å². The van der Waals surface area contributed by atoms with E-state index in [1.54, 1.807) is 20.8 Å². The minimum atomic E-state index is -1.35. The van der Waals surface area contributed by atoms with Gasteiger partial charge >= 0.3 is 12.1 Å². The Labute approximate surface area is 184 Å². The van der Waals surface area contributed by atoms with Crippen molar-refractivity contribution in [1.29, 1.82) is 0 Å². The smallest absolute Gasteiger partial charge is 0.407 e. The molecule has 0 aromatic heterocycles. The number of alkyl carbamates (subject to hydrolysis) is 1. The number of benzene rings is 1. The molecule has 1 aliphatic rings. The van der Waals surface area contributed by atoms with Gasteiger partial charge in [0.25, 0.3) is 0 Å². The molecule has 2 atom stereocenters. The van der Waals surface area contributed by atoms with Crippen LogP contribution in [0, 0.1) is 17.5 Å². The molecule has 0 bridgehead atoms. The first-order valence-electron chi connectivity index (χ1n) is 10.1. The van der Waals surface area contributed by atoms with Gasteiger partial charge in [0.05, 0.1) is 13.0 Å². The van der Waals surface area contributed by atoms with Gasteiger partial charge < -0.3 is 25.8 Å². The van der Waals surface area contributed by atoms with E-state index in [0.29, 0.717) is 24.7 Å². The van der Waals surface area contributed by atoms with Crippen molar-refractivity contribution in [3.63, 3.8) is 0 Å². The third-order valence-corrected chi connectivity index (χ3v) is 4.21. The predicted molar refractivity (Wildman–Crippen MR) is 111 cm³/mol. The van der Waals surface area contributed by atoms with Gasteiger partial charge in [-0.15, -0.1) is 0 Å². The first kappa shape index (κ1) is 27.2. The van der Waals surface area contributed by atoms with Gasteiger partial charge in [0.15, 0.2) is 11.6 Å². The lowest BCUT2D eigenvalue weighted by Crippen LogP contribution is -2.41. The summed E-state index contributed by atoms with van der Waals surface area (Å²) >= 11 is 0. The van der Waals surface area contributed by atoms with Crippen LogP contribution in [0.5, 0.6) is 0 Å². The predicted octanol–water partition coefficient (Wildman–Crippen LogP) is 2.50. The number of rotatable bonds is 5. The standard InChI is InChI=1S/C15H18F3NO4.C6H12N2O/c1-15(2,3)23-14(22)19-9(6-13(20)21)4-8-5-11(17)12(18)7-10(8)16;1-5-2-3-7-6(9)4-8-5/h5,7,9H,4,6H2,1-3H3,(H,19,22)(H,20,21);5,8H,2-4H2,1H3,(H,7,9)/t9-;/m1./s1. The van der Waals surface area contributed by atoms with Gasteiger partial charge in [0, 0.05) is 24.7 Å². The van der Waals surface area contributed by atoms with Crippen LogP contribution in [0.4, 0.5) is 18.0 Å². The molecular weight excluding hydrogens is 431 g/mol. The monoisotopic (exact) mass is 461 g/mol. The van der Waals surface area contributed by atoms with E-state index in [4.69, 9.17) is 9.84 Å². The molecule has 2 amide bonds. The lowest BCUT2D eigenvalue weighted by molar-refractivity contribution is -0.137. The summed E-state index contributed by atoms with van der Waals surface area (Å²) in [5.41, 5.74) is -1.04. The van der Waals surface area contributed by atoms with Crippen molar-refractivity contribution in [1.82, 2.24) is 16.0 Å². The van der Waals surface area contributed by atoms with Crippen LogP contribution in [0.3, 0.4) is 0 Å². The van der Waals surface area contributed by atoms with Crippen LogP contribution >= 0.6 is 0 Å². The molecule has 0 saturated carbocycles. The Hall–Kier alpha value is -2.82. The molecule has 1 aromatic rings. The number of carbonyl (C=O) groups is 3. The molecule has 1 aliphatic heterocycles. The number of amides is 2. The number of ether oxygens (including phenoxy) is 1. The maximum Gasteiger partial charge on any atom is 0.407 e. The minimum Gasteiger partial charge on any atom is -0.481 e. The molecule has 32 heavy (non-hydrogen) atoms. The second-order valence-electron chi connectivity index (χ2n) is 8.42. The van der Waals surface area contributed by atoms with E-state index in [1.807, 2.05) is 0 Å². The van der Waals surface area contributed by atoms with Crippen molar-refractivity contribution in [3.05, 3.63) is 35.1 Å². The van der Waals surface area contributed by atoms with E-state index in [2.05, 4.69) is 22.9 Å². The number of nitrogens with one attached hydrogen (secondary N) is 3. The third kappa shape index (κ3) is 11.0. The number of halogens is 3. The fourth-order valence-electron chi connectivity index (χ4n) is 2.70. The Balaban J connectivity index is 0.000000471. The maximum atomic E-state index is 13.6. The molecule has 8 nitrogen and oxygen atoms in total. The molecule has 0 spiro atoms. The number of carbonyl (C=O) groups excluding carboxylic acids is 2. The van der Waals surface area contributed by atoms with E-state index < -0.39 is 47.6 Å². The molecule has 1 aromatic carbocycles. The van der Waals surface area contributed by atoms with Crippen LogP contribution in [0.25, 0.3) is 0 Å². The highest BCUT2D eigenvalue weighted by molar-refractivity contribution is 5.78. The lowest BCUT2D eigenvalue weighted by Gasteiger charge is -2.23. The third-order valence-electron chi connectivity index (χ3n) is 4.21. The normalized spacial score (nSPS) is 17.2. The highest BCUT2D eigenvalue weighted by Gasteiger charge is 2.23. The Bertz CT molecular complexity index is 815. The summed E-state index contributed by atoms with van der Waals surface area (Å²) in [6.45, 7) is 8.23. The summed E-state index contributed by atoms with van der Waals surface area (Å²) in [6, 6.07) is 0.442. The molecule has 0 radical (unpaired) electrons. The highest BCUT2D eigenvalue weighted by Crippen LogP contribution is 2.17. The number of carboxylic acid groups (broad SMARTS) is 1. The van der Waals surface area contributed by atoms with Crippen LogP contribution < -0.4 is 16.0 Å². The molecule has 11 heteroatoms. The second-order valence-corrected chi connectivity index (χ2v) is 8.42. The summed E-state index contributed by atoms with van der Waals surface area (Å²) in [4.78, 5) is 33.2. The van der Waals surface area contributed by atoms with Crippen molar-refractivity contribution in [2.45, 2.75) is 64.6 Å². The second kappa shape index (κ2) is 12.3. The Morgan fingerprint density at radius 3 is 2.44 bits per heavy atom. The van der Waals surface area contributed by atoms with Crippen LogP contribution in [0.1, 0.15) is 46.1 Å². The van der Waals surface area contributed by atoms with Crippen LogP contribution in [0.15, 0.2) is 12.1 Å². The van der Waals surface area contributed by atoms with E-state index in [0.717, 1.165) is 13.0 Å². The van der Waals surface area contributed by atoms with Crippen molar-refractivity contribution in [3.8, 4) is 0 Å². The van der Waals surface area contributed by atoms with Gasteiger partial charge in [-0.25, -0.2) is 18.0 Å². The molecular formula is C21H30F3N3O5. The van der Waals surface area contributed by atoms with Gasteiger partial charge in [-0.1, -0.05) is 0 Å². The van der Waals surface area contributed by atoms with Crippen LogP contribution in [-0.4, -0.2) is 53.9 Å². The first-order chi connectivity index (χ1) is 14.8. The van der Waals surface area contributed by atoms with E-state index in [1.165, 1.54) is 0 Å². The number of aliphatic carboxylic acids is 1. The molecule has 1 fully saturated rings. The topological polar surface area (TPSA) is 117 Å². The summed E-state index contributed by atoms with van der Waals surface area (Å²) in [6.07, 6.45) is -0.704. The fourth-order valence-corrected chi connectivity index (χ4v) is 2.70. The first-order valence-corrected chi connectivity index (χ1v) is 10.1. The Kier molecular flexibility index (Phi) is 10.4. The van der Waals surface area contributed by atoms with Crippen molar-refractivity contribution in [2.24, 2.45) is 0 Å². The summed E-state index contributed by atoms with van der Waals surface area (Å²) in [5.74, 6) is -4.76. The molecule has 2 rings (SSSR count). The Morgan fingerprint density at radius 1 is 1.22 bits per heavy atom. The minimum absolute atomic E-state index is 0.111. The van der Waals surface area contributed by atoms with Crippen LogP contribution in [-0.2, 0) is 20.7 Å². The largest absolute Gasteiger partial charge is 0.481 e. The van der Waals surface area contributed by atoms with Crippen LogP contribution in [0.2, 0.25) is 0 Å². The van der Waals surface area contributed by atoms with E-state index in [-0.39, 0.29) is 17.9 Å². The van der Waals surface area contributed by atoms with Gasteiger partial charge in [-0.2, -0.15) is 0 Å². The molecule has 180 valence electrons. The van der Waals surface area contributed by atoms with Crippen molar-refractivity contribution >= 4 is 18.0 Å².